The number of Topliss-reactive ketones (excluding diaryl/α,β-unsaturated/α-hetero) is 1. The summed E-state index contributed by atoms with van der Waals surface area (Å²) in [6.07, 6.45) is 4.82. The minimum absolute atomic E-state index is 0.00846. The molecule has 0 spiro atoms. The van der Waals surface area contributed by atoms with Crippen molar-refractivity contribution in [3.8, 4) is 0 Å². The Kier molecular flexibility index (Phi) is 5.89. The van der Waals surface area contributed by atoms with Crippen molar-refractivity contribution in [2.75, 3.05) is 7.11 Å². The third-order valence-corrected chi connectivity index (χ3v) is 11.7. The van der Waals surface area contributed by atoms with Gasteiger partial charge in [0.2, 0.25) is 0 Å². The predicted molar refractivity (Wildman–Crippen MR) is 102 cm³/mol. The van der Waals surface area contributed by atoms with Crippen LogP contribution in [0, 0.1) is 17.3 Å². The van der Waals surface area contributed by atoms with E-state index in [2.05, 4.69) is 40.8 Å². The van der Waals surface area contributed by atoms with Crippen LogP contribution in [0.25, 0.3) is 0 Å². The second-order valence-corrected chi connectivity index (χ2v) is 14.5. The normalized spacial score (nSPS) is 33.2. The monoisotopic (exact) mass is 368 g/mol. The zero-order valence-corrected chi connectivity index (χ0v) is 18.1. The van der Waals surface area contributed by atoms with E-state index in [9.17, 15) is 9.59 Å². The van der Waals surface area contributed by atoms with E-state index in [1.165, 1.54) is 7.11 Å². The lowest BCUT2D eigenvalue weighted by molar-refractivity contribution is -0.142. The van der Waals surface area contributed by atoms with Gasteiger partial charge in [-0.2, -0.15) is 0 Å². The summed E-state index contributed by atoms with van der Waals surface area (Å²) in [6, 6.07) is 0. The highest BCUT2D eigenvalue weighted by molar-refractivity contribution is 6.74. The molecule has 2 rings (SSSR count). The summed E-state index contributed by atoms with van der Waals surface area (Å²) in [7, 11) is -0.423. The number of fused-ring (bicyclic) bond motifs is 1. The first kappa shape index (κ1) is 20.6. The van der Waals surface area contributed by atoms with Crippen molar-refractivity contribution in [3.63, 3.8) is 0 Å². The van der Waals surface area contributed by atoms with Crippen molar-refractivity contribution in [2.45, 2.75) is 90.5 Å². The van der Waals surface area contributed by atoms with E-state index in [0.717, 1.165) is 19.3 Å². The fraction of sp³-hybridized carbons (Fsp3) is 0.900. The van der Waals surface area contributed by atoms with Crippen LogP contribution in [0.5, 0.6) is 0 Å². The van der Waals surface area contributed by atoms with Gasteiger partial charge in [0.05, 0.1) is 13.2 Å². The summed E-state index contributed by atoms with van der Waals surface area (Å²) >= 11 is 0. The second kappa shape index (κ2) is 7.14. The number of hydrogen-bond acceptors (Lipinski definition) is 4. The number of ketones is 1. The highest BCUT2D eigenvalue weighted by Gasteiger charge is 2.56. The molecule has 2 aliphatic rings. The first-order valence-electron chi connectivity index (χ1n) is 9.70. The van der Waals surface area contributed by atoms with Crippen LogP contribution >= 0.6 is 0 Å². The molecule has 5 heteroatoms. The van der Waals surface area contributed by atoms with Crippen molar-refractivity contribution in [1.82, 2.24) is 0 Å². The van der Waals surface area contributed by atoms with Crippen LogP contribution in [0.2, 0.25) is 18.1 Å². The van der Waals surface area contributed by atoms with Crippen molar-refractivity contribution >= 4 is 20.1 Å². The van der Waals surface area contributed by atoms with Gasteiger partial charge in [-0.1, -0.05) is 27.7 Å². The fourth-order valence-corrected chi connectivity index (χ4v) is 5.95. The number of ether oxygens (including phenoxy) is 1. The van der Waals surface area contributed by atoms with E-state index < -0.39 is 8.32 Å². The van der Waals surface area contributed by atoms with Crippen molar-refractivity contribution in [2.24, 2.45) is 17.3 Å². The Morgan fingerprint density at radius 1 is 1.28 bits per heavy atom. The van der Waals surface area contributed by atoms with E-state index in [0.29, 0.717) is 31.0 Å². The van der Waals surface area contributed by atoms with Gasteiger partial charge in [0.15, 0.2) is 8.32 Å². The molecule has 2 fully saturated rings. The molecule has 4 atom stereocenters. The van der Waals surface area contributed by atoms with Gasteiger partial charge in [0.1, 0.15) is 5.78 Å². The molecule has 0 aliphatic heterocycles. The molecule has 2 saturated carbocycles. The lowest BCUT2D eigenvalue weighted by atomic mass is 9.62. The van der Waals surface area contributed by atoms with Crippen LogP contribution in [-0.2, 0) is 18.8 Å². The number of carbonyl (C=O) groups is 2. The van der Waals surface area contributed by atoms with Gasteiger partial charge in [-0.25, -0.2) is 0 Å². The summed E-state index contributed by atoms with van der Waals surface area (Å²) in [4.78, 5) is 24.1. The van der Waals surface area contributed by atoms with Crippen LogP contribution in [0.15, 0.2) is 0 Å². The molecule has 0 aromatic rings. The van der Waals surface area contributed by atoms with Crippen molar-refractivity contribution in [1.29, 1.82) is 0 Å². The quantitative estimate of drug-likeness (QED) is 0.520. The highest BCUT2D eigenvalue weighted by Crippen LogP contribution is 2.56. The summed E-state index contributed by atoms with van der Waals surface area (Å²) in [5.74, 6) is 0.450. The molecule has 0 aromatic heterocycles. The first-order valence-corrected chi connectivity index (χ1v) is 12.6. The Morgan fingerprint density at radius 3 is 2.48 bits per heavy atom. The lowest BCUT2D eigenvalue weighted by Gasteiger charge is -2.47. The number of esters is 1. The molecular formula is C20H36O4Si. The van der Waals surface area contributed by atoms with Gasteiger partial charge < -0.3 is 9.16 Å². The number of rotatable bonds is 5. The molecule has 25 heavy (non-hydrogen) atoms. The summed E-state index contributed by atoms with van der Waals surface area (Å²) in [5, 5.41) is 0.191. The first-order chi connectivity index (χ1) is 11.4. The summed E-state index contributed by atoms with van der Waals surface area (Å²) < 4.78 is 11.6. The van der Waals surface area contributed by atoms with E-state index in [-0.39, 0.29) is 28.4 Å². The predicted octanol–water partition coefficient (Wildman–Crippen LogP) is 4.73. The highest BCUT2D eigenvalue weighted by atomic mass is 28.4. The molecule has 2 aliphatic carbocycles. The number of hydrogen-bond donors (Lipinski definition) is 0. The molecule has 4 nitrogen and oxygen atoms in total. The number of carbonyl (C=O) groups excluding carboxylic acids is 2. The van der Waals surface area contributed by atoms with Crippen LogP contribution in [0.3, 0.4) is 0 Å². The van der Waals surface area contributed by atoms with E-state index in [4.69, 9.17) is 9.16 Å². The molecule has 0 unspecified atom stereocenters. The fourth-order valence-electron chi connectivity index (χ4n) is 4.50. The third-order valence-electron chi connectivity index (χ3n) is 7.26. The lowest BCUT2D eigenvalue weighted by Crippen LogP contribution is -2.50. The third kappa shape index (κ3) is 4.02. The van der Waals surface area contributed by atoms with Crippen LogP contribution < -0.4 is 0 Å². The molecular weight excluding hydrogens is 332 g/mol. The average Bonchev–Trinajstić information content (AvgIpc) is 2.82. The van der Waals surface area contributed by atoms with E-state index in [1.807, 2.05) is 0 Å². The van der Waals surface area contributed by atoms with Gasteiger partial charge in [0.25, 0.3) is 0 Å². The zero-order chi connectivity index (χ0) is 19.0. The average molecular weight is 369 g/mol. The Balaban J connectivity index is 2.15. The van der Waals surface area contributed by atoms with E-state index >= 15 is 0 Å². The maximum atomic E-state index is 12.5. The molecule has 0 N–H and O–H groups in total. The minimum atomic E-state index is -1.83. The maximum absolute atomic E-state index is 12.5. The Bertz CT molecular complexity index is 522. The van der Waals surface area contributed by atoms with Gasteiger partial charge in [-0.15, -0.1) is 0 Å². The zero-order valence-electron chi connectivity index (χ0n) is 17.1. The Labute approximate surface area is 154 Å². The number of methoxy groups -OCH3 is 1. The summed E-state index contributed by atoms with van der Waals surface area (Å²) in [5.41, 5.74) is 0.0597. The van der Waals surface area contributed by atoms with Crippen LogP contribution in [0.4, 0.5) is 0 Å². The minimum Gasteiger partial charge on any atom is -0.469 e. The van der Waals surface area contributed by atoms with Crippen molar-refractivity contribution in [3.05, 3.63) is 0 Å². The largest absolute Gasteiger partial charge is 0.469 e. The molecule has 0 aromatic carbocycles. The SMILES string of the molecule is COC(=O)CC[C@@H]1C(=O)CC[C@]2(C)[C@@H](O[Si](C)(C)C(C)(C)C)CC[C@@H]12. The molecule has 0 saturated heterocycles. The van der Waals surface area contributed by atoms with Gasteiger partial charge in [0, 0.05) is 18.8 Å². The Morgan fingerprint density at radius 2 is 1.92 bits per heavy atom. The molecule has 0 radical (unpaired) electrons. The second-order valence-electron chi connectivity index (χ2n) is 9.74. The van der Waals surface area contributed by atoms with E-state index in [1.54, 1.807) is 0 Å². The maximum Gasteiger partial charge on any atom is 0.305 e. The van der Waals surface area contributed by atoms with Crippen LogP contribution in [-0.4, -0.2) is 33.3 Å². The topological polar surface area (TPSA) is 52.6 Å². The molecule has 0 amide bonds. The van der Waals surface area contributed by atoms with Gasteiger partial charge in [-0.05, 0) is 55.1 Å². The van der Waals surface area contributed by atoms with Crippen LogP contribution in [0.1, 0.15) is 66.2 Å². The Hall–Kier alpha value is -0.683. The van der Waals surface area contributed by atoms with Gasteiger partial charge in [-0.3, -0.25) is 9.59 Å². The van der Waals surface area contributed by atoms with Gasteiger partial charge >= 0.3 is 5.97 Å². The van der Waals surface area contributed by atoms with Crippen molar-refractivity contribution < 1.29 is 18.8 Å². The summed E-state index contributed by atoms with van der Waals surface area (Å²) in [6.45, 7) is 13.8. The smallest absolute Gasteiger partial charge is 0.305 e. The molecule has 144 valence electrons. The standard InChI is InChI=1S/C20H36O4Si/c1-19(2,3)25(6,7)24-17-10-9-15-14(8-11-18(22)23-5)16(21)12-13-20(15,17)4/h14-15,17H,8-13H2,1-7H3/t14-,15-,17-,20-/m0/s1. The molecule has 0 bridgehead atoms. The molecule has 0 heterocycles.